The largest absolute Gasteiger partial charge is 0.494 e. The zero-order valence-corrected chi connectivity index (χ0v) is 22.7. The topological polar surface area (TPSA) is 123 Å². The van der Waals surface area contributed by atoms with Crippen LogP contribution < -0.4 is 10.1 Å². The first-order chi connectivity index (χ1) is 18.9. The zero-order chi connectivity index (χ0) is 28.8. The highest BCUT2D eigenvalue weighted by atomic mass is 35.5. The summed E-state index contributed by atoms with van der Waals surface area (Å²) < 4.78 is 44.7. The average Bonchev–Trinajstić information content (AvgIpc) is 3.46. The maximum absolute atomic E-state index is 13.3. The summed E-state index contributed by atoms with van der Waals surface area (Å²) in [5.41, 5.74) is 1.00. The number of nitrogens with one attached hydrogen (secondary N) is 1. The summed E-state index contributed by atoms with van der Waals surface area (Å²) in [6.45, 7) is 3.35. The molecule has 0 radical (unpaired) electrons. The first kappa shape index (κ1) is 27.4. The fourth-order valence-electron chi connectivity index (χ4n) is 4.09. The van der Waals surface area contributed by atoms with Crippen molar-refractivity contribution < 1.29 is 27.5 Å². The summed E-state index contributed by atoms with van der Waals surface area (Å²) in [6, 6.07) is 3.32. The van der Waals surface area contributed by atoms with Gasteiger partial charge < -0.3 is 9.64 Å². The van der Waals surface area contributed by atoms with Crippen LogP contribution in [-0.4, -0.2) is 48.7 Å². The average molecular weight is 590 g/mol. The van der Waals surface area contributed by atoms with Crippen LogP contribution in [0, 0.1) is 13.8 Å². The number of pyridine rings is 2. The molecule has 0 saturated carbocycles. The van der Waals surface area contributed by atoms with Gasteiger partial charge in [-0.2, -0.15) is 13.2 Å². The van der Waals surface area contributed by atoms with Crippen molar-refractivity contribution >= 4 is 39.9 Å². The molecule has 1 aliphatic heterocycles. The van der Waals surface area contributed by atoms with Crippen molar-refractivity contribution in [3.63, 3.8) is 0 Å². The van der Waals surface area contributed by atoms with E-state index in [0.717, 1.165) is 11.3 Å². The number of anilines is 1. The van der Waals surface area contributed by atoms with Crippen LogP contribution in [0.4, 0.5) is 18.3 Å². The number of thiazole rings is 1. The molecule has 0 unspecified atom stereocenters. The van der Waals surface area contributed by atoms with E-state index >= 15 is 0 Å². The van der Waals surface area contributed by atoms with E-state index in [0.29, 0.717) is 44.5 Å². The summed E-state index contributed by atoms with van der Waals surface area (Å²) in [4.78, 5) is 48.2. The molecule has 0 bridgehead atoms. The Kier molecular flexibility index (Phi) is 7.14. The summed E-state index contributed by atoms with van der Waals surface area (Å²) in [5, 5.41) is 3.28. The molecular formula is C25H19ClF3N7O3S. The van der Waals surface area contributed by atoms with Crippen molar-refractivity contribution in [2.75, 3.05) is 12.4 Å². The quantitative estimate of drug-likeness (QED) is 0.319. The minimum absolute atomic E-state index is 0.0436. The van der Waals surface area contributed by atoms with E-state index in [1.165, 1.54) is 31.3 Å². The van der Waals surface area contributed by atoms with Gasteiger partial charge in [0.25, 0.3) is 11.8 Å². The number of amides is 2. The number of hydrogen-bond acceptors (Lipinski definition) is 9. The van der Waals surface area contributed by atoms with Gasteiger partial charge in [0.2, 0.25) is 0 Å². The van der Waals surface area contributed by atoms with Crippen LogP contribution in [0.1, 0.15) is 48.5 Å². The molecule has 15 heteroatoms. The van der Waals surface area contributed by atoms with Crippen LogP contribution in [0.5, 0.6) is 5.75 Å². The molecule has 206 valence electrons. The van der Waals surface area contributed by atoms with E-state index in [1.54, 1.807) is 19.1 Å². The second kappa shape index (κ2) is 10.4. The second-order valence-electron chi connectivity index (χ2n) is 8.77. The number of alkyl halides is 3. The lowest BCUT2D eigenvalue weighted by Crippen LogP contribution is -2.28. The fourth-order valence-corrected chi connectivity index (χ4v) is 5.23. The number of aryl methyl sites for hydroxylation is 2. The molecule has 0 atom stereocenters. The fraction of sp³-hybridized carbons (Fsp3) is 0.240. The van der Waals surface area contributed by atoms with Crippen molar-refractivity contribution in [3.05, 3.63) is 74.8 Å². The summed E-state index contributed by atoms with van der Waals surface area (Å²) in [7, 11) is 1.48. The van der Waals surface area contributed by atoms with Crippen molar-refractivity contribution in [3.8, 4) is 16.9 Å². The molecule has 0 saturated heterocycles. The van der Waals surface area contributed by atoms with Gasteiger partial charge in [0.05, 0.1) is 54.4 Å². The van der Waals surface area contributed by atoms with E-state index in [4.69, 9.17) is 16.3 Å². The van der Waals surface area contributed by atoms with Crippen LogP contribution in [0.25, 0.3) is 11.1 Å². The van der Waals surface area contributed by atoms with E-state index in [9.17, 15) is 22.8 Å². The van der Waals surface area contributed by atoms with Gasteiger partial charge in [-0.3, -0.25) is 24.9 Å². The van der Waals surface area contributed by atoms with Crippen molar-refractivity contribution in [2.24, 2.45) is 0 Å². The lowest BCUT2D eigenvalue weighted by atomic mass is 10.0. The number of carbonyl (C=O) groups excluding carboxylic acids is 2. The molecule has 5 rings (SSSR count). The number of rotatable bonds is 5. The lowest BCUT2D eigenvalue weighted by molar-refractivity contribution is -0.141. The number of halogens is 4. The zero-order valence-electron chi connectivity index (χ0n) is 21.1. The maximum Gasteiger partial charge on any atom is 0.434 e. The van der Waals surface area contributed by atoms with E-state index in [-0.39, 0.29) is 35.2 Å². The standard InChI is InChI=1S/C25H19ClF3N7O3S/c1-11-4-13(14-5-20(26)32-7-17(14)39-3)15(6-30-11)22(37)35-24-33-16-9-36(10-18(16)40-24)23(38)21-12(2)31-8-19(34-21)25(27,28)29/h4-8H,9-10H2,1-3H3,(H,33,35,37). The number of fused-ring (bicyclic) bond motifs is 1. The Morgan fingerprint density at radius 3 is 2.52 bits per heavy atom. The molecule has 0 aromatic carbocycles. The molecule has 4 aromatic rings. The van der Waals surface area contributed by atoms with Gasteiger partial charge in [-0.1, -0.05) is 22.9 Å². The Labute approximate surface area is 234 Å². The third-order valence-electron chi connectivity index (χ3n) is 6.04. The van der Waals surface area contributed by atoms with E-state index in [2.05, 4.69) is 30.2 Å². The number of aromatic nitrogens is 5. The molecule has 5 heterocycles. The Balaban J connectivity index is 1.35. The van der Waals surface area contributed by atoms with Crippen LogP contribution in [-0.2, 0) is 19.3 Å². The summed E-state index contributed by atoms with van der Waals surface area (Å²) in [5.74, 6) is -0.748. The highest BCUT2D eigenvalue weighted by molar-refractivity contribution is 7.16. The predicted molar refractivity (Wildman–Crippen MR) is 139 cm³/mol. The van der Waals surface area contributed by atoms with Crippen LogP contribution in [0.2, 0.25) is 5.15 Å². The SMILES string of the molecule is COc1cnc(Cl)cc1-c1cc(C)ncc1C(=O)Nc1nc2c(s1)CN(C(=O)c1nc(C(F)(F)F)cnc1C)C2. The Hall–Kier alpha value is -4.17. The van der Waals surface area contributed by atoms with Gasteiger partial charge >= 0.3 is 6.18 Å². The third kappa shape index (κ3) is 5.31. The van der Waals surface area contributed by atoms with Gasteiger partial charge in [0.1, 0.15) is 16.6 Å². The van der Waals surface area contributed by atoms with Crippen LogP contribution >= 0.6 is 22.9 Å². The van der Waals surface area contributed by atoms with E-state index in [1.807, 2.05) is 0 Å². The third-order valence-corrected chi connectivity index (χ3v) is 7.24. The predicted octanol–water partition coefficient (Wildman–Crippen LogP) is 5.10. The smallest absolute Gasteiger partial charge is 0.434 e. The first-order valence-electron chi connectivity index (χ1n) is 11.6. The Morgan fingerprint density at radius 1 is 1.05 bits per heavy atom. The molecule has 0 aliphatic carbocycles. The van der Waals surface area contributed by atoms with Crippen molar-refractivity contribution in [2.45, 2.75) is 33.1 Å². The van der Waals surface area contributed by atoms with Gasteiger partial charge in [-0.15, -0.1) is 0 Å². The highest BCUT2D eigenvalue weighted by Crippen LogP contribution is 2.36. The minimum Gasteiger partial charge on any atom is -0.494 e. The van der Waals surface area contributed by atoms with Gasteiger partial charge in [-0.25, -0.2) is 15.0 Å². The molecular weight excluding hydrogens is 571 g/mol. The molecule has 4 aromatic heterocycles. The second-order valence-corrected chi connectivity index (χ2v) is 10.2. The monoisotopic (exact) mass is 589 g/mol. The normalized spacial score (nSPS) is 12.8. The maximum atomic E-state index is 13.3. The molecule has 0 fully saturated rings. The van der Waals surface area contributed by atoms with Crippen molar-refractivity contribution in [1.29, 1.82) is 0 Å². The number of nitrogens with zero attached hydrogens (tertiary/aromatic N) is 6. The van der Waals surface area contributed by atoms with Crippen molar-refractivity contribution in [1.82, 2.24) is 29.8 Å². The molecule has 2 amide bonds. The lowest BCUT2D eigenvalue weighted by Gasteiger charge is -2.17. The molecule has 1 N–H and O–H groups in total. The number of methoxy groups -OCH3 is 1. The molecule has 1 aliphatic rings. The summed E-state index contributed by atoms with van der Waals surface area (Å²) >= 11 is 7.26. The van der Waals surface area contributed by atoms with Gasteiger partial charge in [0.15, 0.2) is 10.8 Å². The Bertz CT molecular complexity index is 1640. The van der Waals surface area contributed by atoms with E-state index < -0.39 is 23.7 Å². The van der Waals surface area contributed by atoms with Crippen LogP contribution in [0.15, 0.2) is 30.7 Å². The number of ether oxygens (including phenoxy) is 1. The minimum atomic E-state index is -4.73. The molecule has 10 nitrogen and oxygen atoms in total. The number of carbonyl (C=O) groups is 2. The van der Waals surface area contributed by atoms with Gasteiger partial charge in [0, 0.05) is 23.0 Å². The molecule has 0 spiro atoms. The first-order valence-corrected chi connectivity index (χ1v) is 12.8. The highest BCUT2D eigenvalue weighted by Gasteiger charge is 2.36. The van der Waals surface area contributed by atoms with Crippen LogP contribution in [0.3, 0.4) is 0 Å². The summed E-state index contributed by atoms with van der Waals surface area (Å²) in [6.07, 6.45) is -1.23. The number of hydrogen-bond donors (Lipinski definition) is 1. The molecule has 40 heavy (non-hydrogen) atoms. The Morgan fingerprint density at radius 2 is 1.82 bits per heavy atom. The van der Waals surface area contributed by atoms with Gasteiger partial charge in [-0.05, 0) is 26.0 Å².